The molecular formula is C11H18N2O3S. The van der Waals surface area contributed by atoms with Gasteiger partial charge in [0.2, 0.25) is 5.91 Å². The number of nitrogens with two attached hydrogens (primary N) is 1. The van der Waals surface area contributed by atoms with E-state index in [9.17, 15) is 4.79 Å². The summed E-state index contributed by atoms with van der Waals surface area (Å²) in [5.41, 5.74) is 4.93. The normalized spacial score (nSPS) is 10.6. The van der Waals surface area contributed by atoms with Crippen molar-refractivity contribution in [2.45, 2.75) is 12.3 Å². The largest absolute Gasteiger partial charge is 0.464 e. The second-order valence-corrected chi connectivity index (χ2v) is 4.36. The van der Waals surface area contributed by atoms with Crippen molar-refractivity contribution in [3.63, 3.8) is 0 Å². The van der Waals surface area contributed by atoms with Crippen LogP contribution < -0.4 is 11.1 Å². The number of primary amides is 1. The van der Waals surface area contributed by atoms with E-state index in [-0.39, 0.29) is 6.61 Å². The van der Waals surface area contributed by atoms with Gasteiger partial charge in [0, 0.05) is 6.54 Å². The van der Waals surface area contributed by atoms with Crippen molar-refractivity contribution in [2.75, 3.05) is 26.0 Å². The van der Waals surface area contributed by atoms with E-state index in [1.54, 1.807) is 11.8 Å². The van der Waals surface area contributed by atoms with E-state index in [1.165, 1.54) is 0 Å². The van der Waals surface area contributed by atoms with Gasteiger partial charge in [-0.1, -0.05) is 0 Å². The van der Waals surface area contributed by atoms with Crippen LogP contribution in [0, 0.1) is 0 Å². The minimum atomic E-state index is -0.447. The van der Waals surface area contributed by atoms with Gasteiger partial charge in [0.25, 0.3) is 0 Å². The first kappa shape index (κ1) is 14.1. The van der Waals surface area contributed by atoms with Crippen LogP contribution in [0.15, 0.2) is 16.5 Å². The van der Waals surface area contributed by atoms with E-state index in [4.69, 9.17) is 14.9 Å². The fourth-order valence-corrected chi connectivity index (χ4v) is 1.71. The molecule has 0 aromatic carbocycles. The Morgan fingerprint density at radius 3 is 3.00 bits per heavy atom. The van der Waals surface area contributed by atoms with Gasteiger partial charge < -0.3 is 20.2 Å². The Hall–Kier alpha value is -0.980. The average Bonchev–Trinajstić information content (AvgIpc) is 2.71. The van der Waals surface area contributed by atoms with E-state index in [1.807, 2.05) is 18.4 Å². The number of carbonyl (C=O) groups is 1. The molecule has 0 bridgehead atoms. The van der Waals surface area contributed by atoms with Crippen molar-refractivity contribution in [1.29, 1.82) is 0 Å². The van der Waals surface area contributed by atoms with Gasteiger partial charge in [0.1, 0.15) is 18.1 Å². The van der Waals surface area contributed by atoms with Gasteiger partial charge in [-0.3, -0.25) is 4.79 Å². The maximum absolute atomic E-state index is 10.4. The molecule has 0 radical (unpaired) electrons. The van der Waals surface area contributed by atoms with Crippen LogP contribution >= 0.6 is 11.8 Å². The summed E-state index contributed by atoms with van der Waals surface area (Å²) in [6.07, 6.45) is 2.04. The van der Waals surface area contributed by atoms with Gasteiger partial charge in [0.05, 0.1) is 18.9 Å². The van der Waals surface area contributed by atoms with Crippen molar-refractivity contribution in [1.82, 2.24) is 5.32 Å². The number of thioether (sulfide) groups is 1. The topological polar surface area (TPSA) is 77.5 Å². The minimum absolute atomic E-state index is 0.0275. The first-order valence-electron chi connectivity index (χ1n) is 5.35. The van der Waals surface area contributed by atoms with E-state index >= 15 is 0 Å². The number of hydrogen-bond acceptors (Lipinski definition) is 5. The molecule has 0 aliphatic rings. The Labute approximate surface area is 105 Å². The van der Waals surface area contributed by atoms with Crippen LogP contribution in [0.2, 0.25) is 0 Å². The lowest BCUT2D eigenvalue weighted by Crippen LogP contribution is -2.23. The summed E-state index contributed by atoms with van der Waals surface area (Å²) in [6, 6.07) is 3.94. The van der Waals surface area contributed by atoms with E-state index in [0.717, 1.165) is 17.3 Å². The summed E-state index contributed by atoms with van der Waals surface area (Å²) in [5, 5.41) is 3.15. The summed E-state index contributed by atoms with van der Waals surface area (Å²) in [6.45, 7) is 1.75. The standard InChI is InChI=1S/C11H18N2O3S/c1-17-8-10-3-2-9(16-10)6-13-4-5-15-7-11(12)14/h2-3,13H,4-8H2,1H3,(H2,12,14). The van der Waals surface area contributed by atoms with Crippen LogP contribution in [0.25, 0.3) is 0 Å². The molecule has 17 heavy (non-hydrogen) atoms. The Morgan fingerprint density at radius 2 is 2.29 bits per heavy atom. The fraction of sp³-hybridized carbons (Fsp3) is 0.545. The average molecular weight is 258 g/mol. The van der Waals surface area contributed by atoms with Gasteiger partial charge in [0.15, 0.2) is 0 Å². The summed E-state index contributed by atoms with van der Waals surface area (Å²) in [5.74, 6) is 2.34. The van der Waals surface area contributed by atoms with Crippen LogP contribution in [-0.2, 0) is 21.8 Å². The monoisotopic (exact) mass is 258 g/mol. The molecule has 0 fully saturated rings. The number of nitrogens with one attached hydrogen (secondary N) is 1. The highest BCUT2D eigenvalue weighted by Crippen LogP contribution is 2.12. The van der Waals surface area contributed by atoms with Gasteiger partial charge in [-0.25, -0.2) is 0 Å². The molecule has 1 aromatic heterocycles. The molecule has 0 saturated heterocycles. The highest BCUT2D eigenvalue weighted by atomic mass is 32.2. The number of hydrogen-bond donors (Lipinski definition) is 2. The Balaban J connectivity index is 2.07. The van der Waals surface area contributed by atoms with Crippen LogP contribution in [0.4, 0.5) is 0 Å². The predicted molar refractivity (Wildman–Crippen MR) is 67.6 cm³/mol. The summed E-state index contributed by atoms with van der Waals surface area (Å²) < 4.78 is 10.6. The molecule has 0 atom stereocenters. The highest BCUT2D eigenvalue weighted by molar-refractivity contribution is 7.97. The third-order valence-electron chi connectivity index (χ3n) is 1.97. The molecule has 1 amide bonds. The van der Waals surface area contributed by atoms with E-state index in [2.05, 4.69) is 5.32 Å². The van der Waals surface area contributed by atoms with Crippen molar-refractivity contribution in [2.24, 2.45) is 5.73 Å². The summed E-state index contributed by atoms with van der Waals surface area (Å²) in [7, 11) is 0. The molecule has 1 aromatic rings. The lowest BCUT2D eigenvalue weighted by Gasteiger charge is -2.03. The minimum Gasteiger partial charge on any atom is -0.464 e. The van der Waals surface area contributed by atoms with Crippen molar-refractivity contribution < 1.29 is 13.9 Å². The van der Waals surface area contributed by atoms with Gasteiger partial charge in [-0.05, 0) is 18.4 Å². The van der Waals surface area contributed by atoms with Crippen LogP contribution in [0.5, 0.6) is 0 Å². The zero-order valence-corrected chi connectivity index (χ0v) is 10.7. The number of furan rings is 1. The molecule has 1 rings (SSSR count). The maximum Gasteiger partial charge on any atom is 0.243 e. The van der Waals surface area contributed by atoms with E-state index < -0.39 is 5.91 Å². The lowest BCUT2D eigenvalue weighted by molar-refractivity contribution is -0.122. The van der Waals surface area contributed by atoms with Gasteiger partial charge >= 0.3 is 0 Å². The smallest absolute Gasteiger partial charge is 0.243 e. The highest BCUT2D eigenvalue weighted by Gasteiger charge is 2.01. The Morgan fingerprint density at radius 1 is 1.53 bits per heavy atom. The first-order chi connectivity index (χ1) is 8.22. The molecule has 1 heterocycles. The molecule has 96 valence electrons. The molecule has 0 aliphatic carbocycles. The Kier molecular flexibility index (Phi) is 6.76. The van der Waals surface area contributed by atoms with Crippen LogP contribution in [0.3, 0.4) is 0 Å². The van der Waals surface area contributed by atoms with E-state index in [0.29, 0.717) is 19.7 Å². The number of amides is 1. The Bertz CT molecular complexity index is 341. The van der Waals surface area contributed by atoms with Crippen LogP contribution in [0.1, 0.15) is 11.5 Å². The lowest BCUT2D eigenvalue weighted by atomic mass is 10.4. The quantitative estimate of drug-likeness (QED) is 0.639. The summed E-state index contributed by atoms with van der Waals surface area (Å²) in [4.78, 5) is 10.4. The molecular weight excluding hydrogens is 240 g/mol. The predicted octanol–water partition coefficient (Wildman–Crippen LogP) is 0.734. The second-order valence-electron chi connectivity index (χ2n) is 3.50. The van der Waals surface area contributed by atoms with Gasteiger partial charge in [-0.15, -0.1) is 0 Å². The molecule has 6 heteroatoms. The van der Waals surface area contributed by atoms with Gasteiger partial charge in [-0.2, -0.15) is 11.8 Å². The number of carbonyl (C=O) groups excluding carboxylic acids is 1. The van der Waals surface area contributed by atoms with Crippen molar-refractivity contribution >= 4 is 17.7 Å². The zero-order chi connectivity index (χ0) is 12.5. The third-order valence-corrected chi connectivity index (χ3v) is 2.54. The number of rotatable bonds is 9. The molecule has 3 N–H and O–H groups in total. The molecule has 0 aliphatic heterocycles. The molecule has 0 spiro atoms. The fourth-order valence-electron chi connectivity index (χ4n) is 1.27. The maximum atomic E-state index is 10.4. The molecule has 0 saturated carbocycles. The van der Waals surface area contributed by atoms with Crippen molar-refractivity contribution in [3.8, 4) is 0 Å². The van der Waals surface area contributed by atoms with Crippen molar-refractivity contribution in [3.05, 3.63) is 23.7 Å². The summed E-state index contributed by atoms with van der Waals surface area (Å²) >= 11 is 1.73. The first-order valence-corrected chi connectivity index (χ1v) is 6.75. The molecule has 0 unspecified atom stereocenters. The number of ether oxygens (including phenoxy) is 1. The molecule has 5 nitrogen and oxygen atoms in total. The SMILES string of the molecule is CSCc1ccc(CNCCOCC(N)=O)o1. The van der Waals surface area contributed by atoms with Crippen LogP contribution in [-0.4, -0.2) is 31.9 Å². The third kappa shape index (κ3) is 6.35. The zero-order valence-electron chi connectivity index (χ0n) is 9.90. The second kappa shape index (κ2) is 8.16.